The highest BCUT2D eigenvalue weighted by Gasteiger charge is 2.17. The van der Waals surface area contributed by atoms with Crippen molar-refractivity contribution in [2.75, 3.05) is 11.9 Å². The van der Waals surface area contributed by atoms with Crippen molar-refractivity contribution in [3.8, 4) is 0 Å². The topological polar surface area (TPSA) is 12.0 Å². The first-order chi connectivity index (χ1) is 7.75. The fourth-order valence-corrected chi connectivity index (χ4v) is 2.38. The van der Waals surface area contributed by atoms with E-state index in [1.165, 1.54) is 19.3 Å². The van der Waals surface area contributed by atoms with Crippen molar-refractivity contribution in [2.24, 2.45) is 5.92 Å². The molecule has 0 aromatic heterocycles. The molecular formula is C12H15F2NS. The Bertz CT molecular complexity index is 340. The molecule has 1 aliphatic carbocycles. The predicted octanol–water partition coefficient (Wildman–Crippen LogP) is 4.21. The van der Waals surface area contributed by atoms with Crippen molar-refractivity contribution in [3.05, 3.63) is 24.3 Å². The van der Waals surface area contributed by atoms with Crippen LogP contribution in [-0.4, -0.2) is 12.3 Å². The second-order valence-electron chi connectivity index (χ2n) is 4.05. The first kappa shape index (κ1) is 11.7. The largest absolute Gasteiger partial charge is 0.384 e. The molecule has 1 saturated carbocycles. The Labute approximate surface area is 98.6 Å². The maximum Gasteiger partial charge on any atom is 0.288 e. The average molecular weight is 243 g/mol. The molecule has 1 fully saturated rings. The monoisotopic (exact) mass is 243 g/mol. The summed E-state index contributed by atoms with van der Waals surface area (Å²) in [6.07, 6.45) is 3.83. The smallest absolute Gasteiger partial charge is 0.288 e. The molecule has 0 spiro atoms. The van der Waals surface area contributed by atoms with Gasteiger partial charge < -0.3 is 5.32 Å². The third-order valence-corrected chi connectivity index (χ3v) is 3.70. The molecule has 1 aliphatic rings. The van der Waals surface area contributed by atoms with E-state index in [1.807, 2.05) is 12.1 Å². The Morgan fingerprint density at radius 2 is 2.06 bits per heavy atom. The highest BCUT2D eigenvalue weighted by Crippen LogP contribution is 2.33. The summed E-state index contributed by atoms with van der Waals surface area (Å²) >= 11 is 0.606. The van der Waals surface area contributed by atoms with Gasteiger partial charge in [0.15, 0.2) is 0 Å². The molecular weight excluding hydrogens is 228 g/mol. The van der Waals surface area contributed by atoms with Crippen LogP contribution >= 0.6 is 11.8 Å². The molecule has 1 aromatic carbocycles. The van der Waals surface area contributed by atoms with Gasteiger partial charge in [-0.15, -0.1) is 0 Å². The van der Waals surface area contributed by atoms with Crippen molar-refractivity contribution in [1.29, 1.82) is 0 Å². The fourth-order valence-electron chi connectivity index (χ4n) is 1.76. The molecule has 1 N–H and O–H groups in total. The lowest BCUT2D eigenvalue weighted by Gasteiger charge is -2.26. The van der Waals surface area contributed by atoms with Gasteiger partial charge in [-0.1, -0.05) is 30.3 Å². The number of hydrogen-bond donors (Lipinski definition) is 1. The third-order valence-electron chi connectivity index (χ3n) is 2.91. The maximum absolute atomic E-state index is 12.3. The summed E-state index contributed by atoms with van der Waals surface area (Å²) in [5.74, 6) is -1.63. The summed E-state index contributed by atoms with van der Waals surface area (Å²) in [6.45, 7) is 0.904. The zero-order valence-electron chi connectivity index (χ0n) is 8.96. The van der Waals surface area contributed by atoms with Crippen molar-refractivity contribution in [2.45, 2.75) is 29.9 Å². The first-order valence-electron chi connectivity index (χ1n) is 5.53. The van der Waals surface area contributed by atoms with Crippen LogP contribution in [0.15, 0.2) is 29.2 Å². The van der Waals surface area contributed by atoms with Crippen LogP contribution in [-0.2, 0) is 0 Å². The van der Waals surface area contributed by atoms with E-state index in [4.69, 9.17) is 0 Å². The van der Waals surface area contributed by atoms with Gasteiger partial charge in [0, 0.05) is 17.1 Å². The van der Waals surface area contributed by atoms with Gasteiger partial charge in [0.25, 0.3) is 5.76 Å². The van der Waals surface area contributed by atoms with Crippen LogP contribution < -0.4 is 5.32 Å². The Balaban J connectivity index is 1.94. The SMILES string of the molecule is FC(F)Sc1ccccc1NCC1CCC1. The Kier molecular flexibility index (Phi) is 4.04. The highest BCUT2D eigenvalue weighted by atomic mass is 32.2. The van der Waals surface area contributed by atoms with Crippen LogP contribution in [0.2, 0.25) is 0 Å². The number of para-hydroxylation sites is 1. The van der Waals surface area contributed by atoms with E-state index in [0.29, 0.717) is 16.7 Å². The second-order valence-corrected chi connectivity index (χ2v) is 5.08. The van der Waals surface area contributed by atoms with Gasteiger partial charge in [0.1, 0.15) is 0 Å². The van der Waals surface area contributed by atoms with Crippen LogP contribution in [0.5, 0.6) is 0 Å². The minimum Gasteiger partial charge on any atom is -0.384 e. The Hall–Kier alpha value is -0.770. The maximum atomic E-state index is 12.3. The molecule has 0 radical (unpaired) electrons. The van der Waals surface area contributed by atoms with Gasteiger partial charge in [-0.25, -0.2) is 0 Å². The zero-order valence-corrected chi connectivity index (χ0v) is 9.77. The van der Waals surface area contributed by atoms with Crippen LogP contribution in [0.25, 0.3) is 0 Å². The van der Waals surface area contributed by atoms with Crippen LogP contribution in [0, 0.1) is 5.92 Å². The Morgan fingerprint density at radius 3 is 2.69 bits per heavy atom. The lowest BCUT2D eigenvalue weighted by Crippen LogP contribution is -2.21. The number of nitrogens with one attached hydrogen (secondary N) is 1. The number of halogens is 2. The van der Waals surface area contributed by atoms with Crippen molar-refractivity contribution >= 4 is 17.4 Å². The summed E-state index contributed by atoms with van der Waals surface area (Å²) in [6, 6.07) is 7.27. The van der Waals surface area contributed by atoms with Gasteiger partial charge >= 0.3 is 0 Å². The molecule has 88 valence electrons. The first-order valence-corrected chi connectivity index (χ1v) is 6.41. The molecule has 0 saturated heterocycles. The predicted molar refractivity (Wildman–Crippen MR) is 64.1 cm³/mol. The Morgan fingerprint density at radius 1 is 1.31 bits per heavy atom. The molecule has 0 amide bonds. The minimum atomic E-state index is -2.35. The fraction of sp³-hybridized carbons (Fsp3) is 0.500. The summed E-state index contributed by atoms with van der Waals surface area (Å²) in [5.41, 5.74) is 0.833. The number of benzene rings is 1. The number of thioether (sulfide) groups is 1. The van der Waals surface area contributed by atoms with Crippen molar-refractivity contribution in [1.82, 2.24) is 0 Å². The summed E-state index contributed by atoms with van der Waals surface area (Å²) in [4.78, 5) is 0.636. The standard InChI is InChI=1S/C12H15F2NS/c13-12(14)16-11-7-2-1-6-10(11)15-8-9-4-3-5-9/h1-2,6-7,9,12,15H,3-5,8H2. The summed E-state index contributed by atoms with van der Waals surface area (Å²) < 4.78 is 24.6. The number of hydrogen-bond acceptors (Lipinski definition) is 2. The normalized spacial score (nSPS) is 16.2. The molecule has 1 aromatic rings. The number of alkyl halides is 2. The van der Waals surface area contributed by atoms with Gasteiger partial charge in [0.2, 0.25) is 0 Å². The zero-order chi connectivity index (χ0) is 11.4. The van der Waals surface area contributed by atoms with Crippen LogP contribution in [0.4, 0.5) is 14.5 Å². The van der Waals surface area contributed by atoms with E-state index < -0.39 is 5.76 Å². The average Bonchev–Trinajstić information content (AvgIpc) is 2.17. The molecule has 0 heterocycles. The van der Waals surface area contributed by atoms with Gasteiger partial charge in [-0.05, 0) is 30.9 Å². The molecule has 4 heteroatoms. The van der Waals surface area contributed by atoms with E-state index in [-0.39, 0.29) is 0 Å². The molecule has 16 heavy (non-hydrogen) atoms. The lowest BCUT2D eigenvalue weighted by molar-refractivity contribution is 0.252. The molecule has 0 bridgehead atoms. The molecule has 1 nitrogen and oxygen atoms in total. The minimum absolute atomic E-state index is 0.606. The molecule has 0 unspecified atom stereocenters. The van der Waals surface area contributed by atoms with E-state index in [0.717, 1.165) is 18.2 Å². The molecule has 0 atom stereocenters. The van der Waals surface area contributed by atoms with Crippen molar-refractivity contribution < 1.29 is 8.78 Å². The number of anilines is 1. The van der Waals surface area contributed by atoms with Gasteiger partial charge in [-0.3, -0.25) is 0 Å². The van der Waals surface area contributed by atoms with E-state index in [1.54, 1.807) is 12.1 Å². The van der Waals surface area contributed by atoms with Crippen LogP contribution in [0.1, 0.15) is 19.3 Å². The lowest BCUT2D eigenvalue weighted by atomic mass is 9.85. The van der Waals surface area contributed by atoms with E-state index >= 15 is 0 Å². The summed E-state index contributed by atoms with van der Waals surface area (Å²) in [5, 5.41) is 3.27. The molecule has 2 rings (SSSR count). The molecule has 0 aliphatic heterocycles. The highest BCUT2D eigenvalue weighted by molar-refractivity contribution is 7.99. The van der Waals surface area contributed by atoms with E-state index in [2.05, 4.69) is 5.32 Å². The third kappa shape index (κ3) is 3.11. The van der Waals surface area contributed by atoms with E-state index in [9.17, 15) is 8.78 Å². The van der Waals surface area contributed by atoms with Crippen molar-refractivity contribution in [3.63, 3.8) is 0 Å². The quantitative estimate of drug-likeness (QED) is 0.777. The van der Waals surface area contributed by atoms with Gasteiger partial charge in [0.05, 0.1) is 0 Å². The number of rotatable bonds is 5. The van der Waals surface area contributed by atoms with Gasteiger partial charge in [-0.2, -0.15) is 8.78 Å². The van der Waals surface area contributed by atoms with Crippen LogP contribution in [0.3, 0.4) is 0 Å². The second kappa shape index (κ2) is 5.53. The summed E-state index contributed by atoms with van der Waals surface area (Å²) in [7, 11) is 0.